The van der Waals surface area contributed by atoms with Crippen molar-refractivity contribution in [1.82, 2.24) is 0 Å². The highest BCUT2D eigenvalue weighted by molar-refractivity contribution is 6.09. The van der Waals surface area contributed by atoms with Crippen LogP contribution in [0.5, 0.6) is 0 Å². The molecule has 0 bridgehead atoms. The van der Waals surface area contributed by atoms with Crippen molar-refractivity contribution in [3.05, 3.63) is 12.2 Å². The van der Waals surface area contributed by atoms with Gasteiger partial charge in [-0.3, -0.25) is 9.59 Å². The molecule has 0 aromatic carbocycles. The van der Waals surface area contributed by atoms with Crippen LogP contribution in [0.2, 0.25) is 0 Å². The number of unbranched alkanes of at least 4 members (excludes halogenated alkanes) is 1. The summed E-state index contributed by atoms with van der Waals surface area (Å²) in [4.78, 5) is 24.1. The summed E-state index contributed by atoms with van der Waals surface area (Å²) in [7, 11) is 0. The van der Waals surface area contributed by atoms with Gasteiger partial charge in [-0.2, -0.15) is 0 Å². The van der Waals surface area contributed by atoms with Gasteiger partial charge in [0.2, 0.25) is 0 Å². The molecule has 1 fully saturated rings. The van der Waals surface area contributed by atoms with E-state index in [1.165, 1.54) is 0 Å². The monoisotopic (exact) mass is 222 g/mol. The van der Waals surface area contributed by atoms with Gasteiger partial charge in [0, 0.05) is 12.8 Å². The Bertz CT molecular complexity index is 281. The number of carbonyl (C=O) groups is 2. The third-order valence-corrected chi connectivity index (χ3v) is 3.40. The summed E-state index contributed by atoms with van der Waals surface area (Å²) < 4.78 is 0. The highest BCUT2D eigenvalue weighted by Gasteiger charge is 2.42. The van der Waals surface area contributed by atoms with E-state index in [-0.39, 0.29) is 11.6 Å². The molecule has 0 aliphatic heterocycles. The summed E-state index contributed by atoms with van der Waals surface area (Å²) >= 11 is 0. The Balaban J connectivity index is 2.91. The average Bonchev–Trinajstić information content (AvgIpc) is 2.31. The Morgan fingerprint density at radius 3 is 2.69 bits per heavy atom. The van der Waals surface area contributed by atoms with Crippen LogP contribution in [-0.4, -0.2) is 11.6 Å². The minimum Gasteiger partial charge on any atom is -0.298 e. The van der Waals surface area contributed by atoms with Gasteiger partial charge in [0.1, 0.15) is 17.0 Å². The molecule has 1 rings (SSSR count). The predicted octanol–water partition coefficient (Wildman–Crippen LogP) is 3.45. The maximum atomic E-state index is 12.0. The van der Waals surface area contributed by atoms with E-state index in [4.69, 9.17) is 0 Å². The molecule has 0 radical (unpaired) electrons. The first-order chi connectivity index (χ1) is 7.67. The van der Waals surface area contributed by atoms with Gasteiger partial charge in [-0.1, -0.05) is 38.8 Å². The number of carbonyl (C=O) groups excluding carboxylic acids is 2. The Kier molecular flexibility index (Phi) is 4.91. The highest BCUT2D eigenvalue weighted by atomic mass is 16.2. The van der Waals surface area contributed by atoms with Gasteiger partial charge in [0.25, 0.3) is 0 Å². The highest BCUT2D eigenvalue weighted by Crippen LogP contribution is 2.36. The minimum atomic E-state index is -0.762. The molecular weight excluding hydrogens is 200 g/mol. The number of hydrogen-bond acceptors (Lipinski definition) is 2. The number of rotatable bonds is 5. The first-order valence-electron chi connectivity index (χ1n) is 6.41. The van der Waals surface area contributed by atoms with E-state index < -0.39 is 5.41 Å². The van der Waals surface area contributed by atoms with Crippen molar-refractivity contribution in [1.29, 1.82) is 0 Å². The van der Waals surface area contributed by atoms with Crippen LogP contribution in [0, 0.1) is 5.41 Å². The molecule has 1 unspecified atom stereocenters. The SMILES string of the molecule is CCCC=CC1(C(=O)CC)CCCCC1=O. The molecule has 0 N–H and O–H groups in total. The molecule has 2 heteroatoms. The minimum absolute atomic E-state index is 0.101. The van der Waals surface area contributed by atoms with E-state index in [2.05, 4.69) is 6.92 Å². The van der Waals surface area contributed by atoms with Crippen molar-refractivity contribution in [3.8, 4) is 0 Å². The van der Waals surface area contributed by atoms with Gasteiger partial charge in [0.15, 0.2) is 0 Å². The van der Waals surface area contributed by atoms with Crippen molar-refractivity contribution in [2.75, 3.05) is 0 Å². The molecule has 0 aromatic heterocycles. The molecule has 0 amide bonds. The number of hydrogen-bond donors (Lipinski definition) is 0. The van der Waals surface area contributed by atoms with E-state index in [1.807, 2.05) is 19.1 Å². The zero-order valence-corrected chi connectivity index (χ0v) is 10.4. The summed E-state index contributed by atoms with van der Waals surface area (Å²) in [6.07, 6.45) is 9.60. The van der Waals surface area contributed by atoms with Crippen LogP contribution in [0.4, 0.5) is 0 Å². The van der Waals surface area contributed by atoms with Crippen molar-refractivity contribution in [2.45, 2.75) is 58.8 Å². The summed E-state index contributed by atoms with van der Waals surface area (Å²) in [5.41, 5.74) is -0.762. The van der Waals surface area contributed by atoms with E-state index in [0.29, 0.717) is 12.8 Å². The summed E-state index contributed by atoms with van der Waals surface area (Å²) in [5, 5.41) is 0. The lowest BCUT2D eigenvalue weighted by atomic mass is 9.69. The van der Waals surface area contributed by atoms with Crippen molar-refractivity contribution in [3.63, 3.8) is 0 Å². The number of Topliss-reactive ketones (excluding diaryl/α,β-unsaturated/α-hetero) is 2. The van der Waals surface area contributed by atoms with Gasteiger partial charge in [-0.15, -0.1) is 0 Å². The van der Waals surface area contributed by atoms with E-state index in [1.54, 1.807) is 0 Å². The smallest absolute Gasteiger partial charge is 0.150 e. The second-order valence-corrected chi connectivity index (χ2v) is 4.57. The van der Waals surface area contributed by atoms with Crippen LogP contribution in [-0.2, 0) is 9.59 Å². The molecule has 0 spiro atoms. The quantitative estimate of drug-likeness (QED) is 0.527. The zero-order chi connectivity index (χ0) is 12.0. The standard InChI is InChI=1S/C14H22O2/c1-3-5-7-10-14(12(15)4-2)11-8-6-9-13(14)16/h7,10H,3-6,8-9,11H2,1-2H3. The fraction of sp³-hybridized carbons (Fsp3) is 0.714. The molecule has 16 heavy (non-hydrogen) atoms. The number of allylic oxidation sites excluding steroid dienone is 2. The average molecular weight is 222 g/mol. The number of ketones is 2. The lowest BCUT2D eigenvalue weighted by Crippen LogP contribution is -2.39. The second kappa shape index (κ2) is 5.97. The molecule has 90 valence electrons. The zero-order valence-electron chi connectivity index (χ0n) is 10.4. The molecule has 0 saturated heterocycles. The van der Waals surface area contributed by atoms with Gasteiger partial charge >= 0.3 is 0 Å². The topological polar surface area (TPSA) is 34.1 Å². The van der Waals surface area contributed by atoms with Gasteiger partial charge < -0.3 is 0 Å². The second-order valence-electron chi connectivity index (χ2n) is 4.57. The lowest BCUT2D eigenvalue weighted by molar-refractivity contribution is -0.139. The normalized spacial score (nSPS) is 26.2. The third-order valence-electron chi connectivity index (χ3n) is 3.40. The molecule has 0 aromatic rings. The van der Waals surface area contributed by atoms with Gasteiger partial charge in [-0.25, -0.2) is 0 Å². The van der Waals surface area contributed by atoms with Gasteiger partial charge in [0.05, 0.1) is 0 Å². The summed E-state index contributed by atoms with van der Waals surface area (Å²) in [6.45, 7) is 3.95. The maximum absolute atomic E-state index is 12.0. The van der Waals surface area contributed by atoms with Crippen molar-refractivity contribution < 1.29 is 9.59 Å². The Hall–Kier alpha value is -0.920. The Labute approximate surface area is 98.1 Å². The maximum Gasteiger partial charge on any atom is 0.150 e. The van der Waals surface area contributed by atoms with Crippen LogP contribution in [0.15, 0.2) is 12.2 Å². The van der Waals surface area contributed by atoms with Crippen LogP contribution < -0.4 is 0 Å². The molecule has 2 nitrogen and oxygen atoms in total. The molecule has 1 aliphatic carbocycles. The Morgan fingerprint density at radius 2 is 2.12 bits per heavy atom. The van der Waals surface area contributed by atoms with E-state index in [0.717, 1.165) is 32.1 Å². The van der Waals surface area contributed by atoms with Crippen LogP contribution in [0.1, 0.15) is 58.8 Å². The summed E-state index contributed by atoms with van der Waals surface area (Å²) in [6, 6.07) is 0. The molecule has 1 atom stereocenters. The molecule has 1 aliphatic rings. The fourth-order valence-corrected chi connectivity index (χ4v) is 2.38. The fourth-order valence-electron chi connectivity index (χ4n) is 2.38. The van der Waals surface area contributed by atoms with Crippen LogP contribution >= 0.6 is 0 Å². The van der Waals surface area contributed by atoms with Crippen LogP contribution in [0.3, 0.4) is 0 Å². The van der Waals surface area contributed by atoms with Crippen molar-refractivity contribution in [2.24, 2.45) is 5.41 Å². The summed E-state index contributed by atoms with van der Waals surface area (Å²) in [5.74, 6) is 0.238. The first kappa shape index (κ1) is 13.1. The van der Waals surface area contributed by atoms with Crippen molar-refractivity contribution >= 4 is 11.6 Å². The first-order valence-corrected chi connectivity index (χ1v) is 6.41. The molecule has 0 heterocycles. The Morgan fingerprint density at radius 1 is 1.38 bits per heavy atom. The lowest BCUT2D eigenvalue weighted by Gasteiger charge is -2.31. The third kappa shape index (κ3) is 2.60. The molecular formula is C14H22O2. The molecule has 1 saturated carbocycles. The largest absolute Gasteiger partial charge is 0.298 e. The predicted molar refractivity (Wildman–Crippen MR) is 65.3 cm³/mol. The van der Waals surface area contributed by atoms with Crippen LogP contribution in [0.25, 0.3) is 0 Å². The van der Waals surface area contributed by atoms with E-state index >= 15 is 0 Å². The van der Waals surface area contributed by atoms with E-state index in [9.17, 15) is 9.59 Å². The van der Waals surface area contributed by atoms with Gasteiger partial charge in [-0.05, 0) is 19.3 Å².